The Morgan fingerprint density at radius 2 is 1.84 bits per heavy atom. The number of rotatable bonds is 7. The van der Waals surface area contributed by atoms with Crippen molar-refractivity contribution in [3.05, 3.63) is 29.8 Å². The summed E-state index contributed by atoms with van der Waals surface area (Å²) in [5.74, 6) is 0.147. The second-order valence-electron chi connectivity index (χ2n) is 5.35. The SMILES string of the molecule is CCNC(=NCC(=O)N(C)C)NCCc1ccc(OC(F)(F)F)cc1. The number of amides is 1. The van der Waals surface area contributed by atoms with Crippen LogP contribution in [-0.2, 0) is 11.2 Å². The molecule has 0 fully saturated rings. The lowest BCUT2D eigenvalue weighted by atomic mass is 10.1. The van der Waals surface area contributed by atoms with Gasteiger partial charge in [-0.15, -0.1) is 13.2 Å². The molecule has 1 aromatic rings. The highest BCUT2D eigenvalue weighted by Gasteiger charge is 2.30. The van der Waals surface area contributed by atoms with Gasteiger partial charge in [0.05, 0.1) is 0 Å². The summed E-state index contributed by atoms with van der Waals surface area (Å²) in [6.07, 6.45) is -4.11. The van der Waals surface area contributed by atoms with Crippen LogP contribution in [0.15, 0.2) is 29.3 Å². The Bertz CT molecular complexity index is 572. The number of ether oxygens (including phenoxy) is 1. The molecule has 1 rings (SSSR count). The van der Waals surface area contributed by atoms with E-state index in [1.165, 1.54) is 17.0 Å². The van der Waals surface area contributed by atoms with Crippen molar-refractivity contribution in [2.45, 2.75) is 19.7 Å². The first-order valence-corrected chi connectivity index (χ1v) is 7.78. The van der Waals surface area contributed by atoms with Gasteiger partial charge in [-0.1, -0.05) is 12.1 Å². The topological polar surface area (TPSA) is 66.0 Å². The van der Waals surface area contributed by atoms with E-state index in [0.717, 1.165) is 5.56 Å². The zero-order valence-electron chi connectivity index (χ0n) is 14.5. The zero-order valence-corrected chi connectivity index (χ0v) is 14.5. The van der Waals surface area contributed by atoms with Gasteiger partial charge in [-0.05, 0) is 31.0 Å². The Balaban J connectivity index is 2.50. The van der Waals surface area contributed by atoms with E-state index in [1.807, 2.05) is 6.92 Å². The maximum atomic E-state index is 12.1. The van der Waals surface area contributed by atoms with Crippen molar-refractivity contribution in [3.8, 4) is 5.75 Å². The van der Waals surface area contributed by atoms with E-state index in [4.69, 9.17) is 0 Å². The highest BCUT2D eigenvalue weighted by molar-refractivity contribution is 5.84. The van der Waals surface area contributed by atoms with Crippen LogP contribution in [0.4, 0.5) is 13.2 Å². The summed E-state index contributed by atoms with van der Waals surface area (Å²) < 4.78 is 40.1. The van der Waals surface area contributed by atoms with E-state index in [1.54, 1.807) is 26.2 Å². The molecule has 0 spiro atoms. The van der Waals surface area contributed by atoms with Gasteiger partial charge in [0.25, 0.3) is 0 Å². The number of carbonyl (C=O) groups excluding carboxylic acids is 1. The molecule has 0 saturated heterocycles. The van der Waals surface area contributed by atoms with E-state index >= 15 is 0 Å². The molecule has 0 aliphatic rings. The highest BCUT2D eigenvalue weighted by Crippen LogP contribution is 2.22. The number of hydrogen-bond donors (Lipinski definition) is 2. The molecule has 140 valence electrons. The number of guanidine groups is 1. The van der Waals surface area contributed by atoms with E-state index in [2.05, 4.69) is 20.4 Å². The van der Waals surface area contributed by atoms with Gasteiger partial charge < -0.3 is 20.3 Å². The summed E-state index contributed by atoms with van der Waals surface area (Å²) in [5, 5.41) is 6.09. The van der Waals surface area contributed by atoms with Gasteiger partial charge in [0.2, 0.25) is 5.91 Å². The van der Waals surface area contributed by atoms with Crippen molar-refractivity contribution in [1.29, 1.82) is 0 Å². The van der Waals surface area contributed by atoms with Gasteiger partial charge in [0.1, 0.15) is 12.3 Å². The molecule has 0 unspecified atom stereocenters. The van der Waals surface area contributed by atoms with Gasteiger partial charge >= 0.3 is 6.36 Å². The van der Waals surface area contributed by atoms with Crippen molar-refractivity contribution in [3.63, 3.8) is 0 Å². The molecule has 0 atom stereocenters. The Morgan fingerprint density at radius 3 is 2.36 bits per heavy atom. The Kier molecular flexibility index (Phi) is 8.03. The minimum atomic E-state index is -4.69. The standard InChI is InChI=1S/C16H23F3N4O2/c1-4-20-15(22-11-14(24)23(2)3)21-10-9-12-5-7-13(8-6-12)25-16(17,18)19/h5-8H,4,9-11H2,1-3H3,(H2,20,21,22). The highest BCUT2D eigenvalue weighted by atomic mass is 19.4. The second-order valence-corrected chi connectivity index (χ2v) is 5.35. The normalized spacial score (nSPS) is 11.8. The Morgan fingerprint density at radius 1 is 1.20 bits per heavy atom. The molecule has 1 aromatic carbocycles. The van der Waals surface area contributed by atoms with Gasteiger partial charge in [0, 0.05) is 27.2 Å². The minimum Gasteiger partial charge on any atom is -0.406 e. The Labute approximate surface area is 145 Å². The number of benzene rings is 1. The van der Waals surface area contributed by atoms with Crippen LogP contribution in [0.25, 0.3) is 0 Å². The van der Waals surface area contributed by atoms with E-state index in [0.29, 0.717) is 25.5 Å². The largest absolute Gasteiger partial charge is 0.573 e. The zero-order chi connectivity index (χ0) is 18.9. The summed E-state index contributed by atoms with van der Waals surface area (Å²) >= 11 is 0. The number of aliphatic imine (C=N–C) groups is 1. The number of alkyl halides is 3. The number of likely N-dealkylation sites (N-methyl/N-ethyl adjacent to an activating group) is 1. The van der Waals surface area contributed by atoms with E-state index in [9.17, 15) is 18.0 Å². The lowest BCUT2D eigenvalue weighted by molar-refractivity contribution is -0.274. The summed E-state index contributed by atoms with van der Waals surface area (Å²) in [7, 11) is 3.31. The third-order valence-corrected chi connectivity index (χ3v) is 3.08. The average molecular weight is 360 g/mol. The minimum absolute atomic E-state index is 0.0335. The molecule has 0 aromatic heterocycles. The fourth-order valence-corrected chi connectivity index (χ4v) is 1.81. The first-order chi connectivity index (χ1) is 11.7. The number of carbonyl (C=O) groups is 1. The molecular weight excluding hydrogens is 337 g/mol. The first kappa shape index (κ1) is 20.6. The smallest absolute Gasteiger partial charge is 0.406 e. The third-order valence-electron chi connectivity index (χ3n) is 3.08. The summed E-state index contributed by atoms with van der Waals surface area (Å²) in [4.78, 5) is 17.2. The fourth-order valence-electron chi connectivity index (χ4n) is 1.81. The average Bonchev–Trinajstić information content (AvgIpc) is 2.52. The number of hydrogen-bond acceptors (Lipinski definition) is 3. The van der Waals surface area contributed by atoms with Crippen LogP contribution in [0, 0.1) is 0 Å². The van der Waals surface area contributed by atoms with Crippen molar-refractivity contribution >= 4 is 11.9 Å². The predicted molar refractivity (Wildman–Crippen MR) is 89.5 cm³/mol. The predicted octanol–water partition coefficient (Wildman–Crippen LogP) is 1.77. The summed E-state index contributed by atoms with van der Waals surface area (Å²) in [6, 6.07) is 5.69. The first-order valence-electron chi connectivity index (χ1n) is 7.78. The van der Waals surface area contributed by atoms with Gasteiger partial charge in [-0.25, -0.2) is 4.99 Å². The summed E-state index contributed by atoms with van der Waals surface area (Å²) in [5.41, 5.74) is 0.849. The van der Waals surface area contributed by atoms with Crippen molar-refractivity contribution < 1.29 is 22.7 Å². The van der Waals surface area contributed by atoms with Crippen molar-refractivity contribution in [1.82, 2.24) is 15.5 Å². The monoisotopic (exact) mass is 360 g/mol. The molecule has 0 heterocycles. The number of nitrogens with zero attached hydrogens (tertiary/aromatic N) is 2. The van der Waals surface area contributed by atoms with Crippen LogP contribution >= 0.6 is 0 Å². The second kappa shape index (κ2) is 9.75. The summed E-state index contributed by atoms with van der Waals surface area (Å²) in [6.45, 7) is 3.10. The molecule has 0 aliphatic carbocycles. The molecule has 2 N–H and O–H groups in total. The fraction of sp³-hybridized carbons (Fsp3) is 0.500. The maximum absolute atomic E-state index is 12.1. The molecule has 0 aliphatic heterocycles. The van der Waals surface area contributed by atoms with Crippen molar-refractivity contribution in [2.24, 2.45) is 4.99 Å². The van der Waals surface area contributed by atoms with Crippen LogP contribution in [0.2, 0.25) is 0 Å². The molecule has 6 nitrogen and oxygen atoms in total. The van der Waals surface area contributed by atoms with Crippen LogP contribution in [0.1, 0.15) is 12.5 Å². The lowest BCUT2D eigenvalue weighted by Gasteiger charge is -2.13. The molecular formula is C16H23F3N4O2. The number of nitrogens with one attached hydrogen (secondary N) is 2. The van der Waals surface area contributed by atoms with Crippen LogP contribution < -0.4 is 15.4 Å². The Hall–Kier alpha value is -2.45. The molecule has 1 amide bonds. The maximum Gasteiger partial charge on any atom is 0.573 e. The third kappa shape index (κ3) is 8.83. The molecule has 9 heteroatoms. The molecule has 0 radical (unpaired) electrons. The van der Waals surface area contributed by atoms with Gasteiger partial charge in [-0.3, -0.25) is 4.79 Å². The van der Waals surface area contributed by atoms with Crippen molar-refractivity contribution in [2.75, 3.05) is 33.7 Å². The van der Waals surface area contributed by atoms with Gasteiger partial charge in [0.15, 0.2) is 5.96 Å². The quantitative estimate of drug-likeness (QED) is 0.575. The number of halogens is 3. The lowest BCUT2D eigenvalue weighted by Crippen LogP contribution is -2.39. The molecule has 0 bridgehead atoms. The van der Waals surface area contributed by atoms with Gasteiger partial charge in [-0.2, -0.15) is 0 Å². The van der Waals surface area contributed by atoms with Crippen LogP contribution in [0.3, 0.4) is 0 Å². The van der Waals surface area contributed by atoms with Crippen LogP contribution in [-0.4, -0.2) is 56.9 Å². The molecule has 25 heavy (non-hydrogen) atoms. The van der Waals surface area contributed by atoms with E-state index in [-0.39, 0.29) is 18.2 Å². The van der Waals surface area contributed by atoms with Crippen LogP contribution in [0.5, 0.6) is 5.75 Å². The molecule has 0 saturated carbocycles. The van der Waals surface area contributed by atoms with E-state index < -0.39 is 6.36 Å².